The predicted octanol–water partition coefficient (Wildman–Crippen LogP) is 2.82. The first-order chi connectivity index (χ1) is 8.80. The van der Waals surface area contributed by atoms with Crippen LogP contribution in [0.4, 0.5) is 0 Å². The van der Waals surface area contributed by atoms with Gasteiger partial charge >= 0.3 is 0 Å². The maximum atomic E-state index is 8.96. The zero-order valence-electron chi connectivity index (χ0n) is 11.0. The molecule has 1 aromatic rings. The van der Waals surface area contributed by atoms with E-state index in [2.05, 4.69) is 29.6 Å². The summed E-state index contributed by atoms with van der Waals surface area (Å²) < 4.78 is 4.98. The number of hydrogen-bond donors (Lipinski definition) is 1. The molecule has 18 heavy (non-hydrogen) atoms. The molecule has 0 radical (unpaired) electrons. The van der Waals surface area contributed by atoms with Crippen molar-refractivity contribution in [2.24, 2.45) is 0 Å². The van der Waals surface area contributed by atoms with Gasteiger partial charge in [0, 0.05) is 25.1 Å². The number of nitrogens with one attached hydrogen (secondary N) is 1. The molecule has 0 saturated carbocycles. The summed E-state index contributed by atoms with van der Waals surface area (Å²) in [5.41, 5.74) is 1.24. The minimum atomic E-state index is 0.0432. The van der Waals surface area contributed by atoms with Crippen LogP contribution in [0.25, 0.3) is 0 Å². The average molecular weight is 264 g/mol. The molecule has 0 heterocycles. The minimum Gasteiger partial charge on any atom is -0.383 e. The third-order valence-electron chi connectivity index (χ3n) is 2.50. The van der Waals surface area contributed by atoms with Crippen LogP contribution in [0.2, 0.25) is 0 Å². The summed E-state index contributed by atoms with van der Waals surface area (Å²) in [5.74, 6) is 0. The third-order valence-corrected chi connectivity index (χ3v) is 3.75. The fraction of sp³-hybridized carbons (Fsp3) is 0.500. The Hall–Kier alpha value is -1.02. The fourth-order valence-corrected chi connectivity index (χ4v) is 2.43. The molecule has 0 bridgehead atoms. The molecule has 0 aliphatic carbocycles. The van der Waals surface area contributed by atoms with Crippen LogP contribution in [0.1, 0.15) is 18.9 Å². The molecule has 0 spiro atoms. The van der Waals surface area contributed by atoms with E-state index >= 15 is 0 Å². The Morgan fingerprint density at radius 1 is 1.50 bits per heavy atom. The van der Waals surface area contributed by atoms with E-state index < -0.39 is 0 Å². The van der Waals surface area contributed by atoms with Crippen molar-refractivity contribution in [2.75, 3.05) is 20.3 Å². The van der Waals surface area contributed by atoms with Crippen molar-refractivity contribution >= 4 is 11.8 Å². The van der Waals surface area contributed by atoms with E-state index in [-0.39, 0.29) is 5.25 Å². The molecule has 3 nitrogen and oxygen atoms in total. The summed E-state index contributed by atoms with van der Waals surface area (Å²) in [4.78, 5) is 1.16. The molecule has 1 rings (SSSR count). The zero-order chi connectivity index (χ0) is 13.2. The van der Waals surface area contributed by atoms with Gasteiger partial charge in [0.25, 0.3) is 0 Å². The molecule has 0 aliphatic heterocycles. The van der Waals surface area contributed by atoms with Crippen LogP contribution >= 0.6 is 11.8 Å². The number of benzene rings is 1. The predicted molar refractivity (Wildman–Crippen MR) is 75.6 cm³/mol. The standard InChI is InChI=1S/C14H20N2OS/c1-3-13(10-15)18-14-6-4-5-12(9-14)11-16-7-8-17-2/h4-6,9,13,16H,3,7-8,11H2,1-2H3. The third kappa shape index (κ3) is 5.54. The van der Waals surface area contributed by atoms with Crippen molar-refractivity contribution in [2.45, 2.75) is 30.0 Å². The van der Waals surface area contributed by atoms with E-state index in [1.54, 1.807) is 18.9 Å². The van der Waals surface area contributed by atoms with Crippen molar-refractivity contribution in [3.05, 3.63) is 29.8 Å². The second-order valence-electron chi connectivity index (χ2n) is 3.96. The lowest BCUT2D eigenvalue weighted by Gasteiger charge is -2.08. The van der Waals surface area contributed by atoms with Crippen LogP contribution in [-0.2, 0) is 11.3 Å². The Morgan fingerprint density at radius 2 is 2.33 bits per heavy atom. The summed E-state index contributed by atoms with van der Waals surface area (Å²) >= 11 is 1.63. The average Bonchev–Trinajstić information content (AvgIpc) is 2.41. The Morgan fingerprint density at radius 3 is 3.00 bits per heavy atom. The topological polar surface area (TPSA) is 45.0 Å². The lowest BCUT2D eigenvalue weighted by molar-refractivity contribution is 0.199. The summed E-state index contributed by atoms with van der Waals surface area (Å²) in [6.07, 6.45) is 0.873. The van der Waals surface area contributed by atoms with E-state index in [1.807, 2.05) is 13.0 Å². The van der Waals surface area contributed by atoms with E-state index in [0.29, 0.717) is 0 Å². The first kappa shape index (κ1) is 15.0. The number of nitrogens with zero attached hydrogens (tertiary/aromatic N) is 1. The normalized spacial score (nSPS) is 12.1. The van der Waals surface area contributed by atoms with Gasteiger partial charge in [-0.2, -0.15) is 5.26 Å². The van der Waals surface area contributed by atoms with Gasteiger partial charge < -0.3 is 10.1 Å². The maximum absolute atomic E-state index is 8.96. The molecule has 1 atom stereocenters. The Kier molecular flexibility index (Phi) is 7.51. The van der Waals surface area contributed by atoms with Crippen LogP contribution in [0, 0.1) is 11.3 Å². The van der Waals surface area contributed by atoms with Crippen molar-refractivity contribution in [1.29, 1.82) is 5.26 Å². The summed E-state index contributed by atoms with van der Waals surface area (Å²) in [7, 11) is 1.70. The number of nitriles is 1. The summed E-state index contributed by atoms with van der Waals surface area (Å²) in [5, 5.41) is 12.3. The molecule has 0 fully saturated rings. The largest absolute Gasteiger partial charge is 0.383 e. The molecule has 4 heteroatoms. The quantitative estimate of drug-likeness (QED) is 0.579. The number of ether oxygens (including phenoxy) is 1. The molecule has 0 saturated heterocycles. The fourth-order valence-electron chi connectivity index (χ4n) is 1.50. The van der Waals surface area contributed by atoms with Gasteiger partial charge in [0.1, 0.15) is 0 Å². The molecular weight excluding hydrogens is 244 g/mol. The van der Waals surface area contributed by atoms with Gasteiger partial charge in [-0.1, -0.05) is 19.1 Å². The van der Waals surface area contributed by atoms with Gasteiger partial charge in [0.15, 0.2) is 0 Å². The lowest BCUT2D eigenvalue weighted by atomic mass is 10.2. The first-order valence-corrected chi connectivity index (χ1v) is 7.03. The van der Waals surface area contributed by atoms with Crippen molar-refractivity contribution < 1.29 is 4.74 Å². The van der Waals surface area contributed by atoms with E-state index in [1.165, 1.54) is 5.56 Å². The van der Waals surface area contributed by atoms with Crippen LogP contribution in [0.3, 0.4) is 0 Å². The van der Waals surface area contributed by atoms with Crippen LogP contribution in [-0.4, -0.2) is 25.5 Å². The Labute approximate surface area is 114 Å². The number of thioether (sulfide) groups is 1. The highest BCUT2D eigenvalue weighted by Gasteiger charge is 2.06. The minimum absolute atomic E-state index is 0.0432. The van der Waals surface area contributed by atoms with Crippen LogP contribution in [0.5, 0.6) is 0 Å². The van der Waals surface area contributed by atoms with Gasteiger partial charge in [0.05, 0.1) is 17.9 Å². The zero-order valence-corrected chi connectivity index (χ0v) is 11.8. The monoisotopic (exact) mass is 264 g/mol. The van der Waals surface area contributed by atoms with Gasteiger partial charge in [-0.3, -0.25) is 0 Å². The molecule has 0 aliphatic rings. The lowest BCUT2D eigenvalue weighted by Crippen LogP contribution is -2.18. The highest BCUT2D eigenvalue weighted by atomic mass is 32.2. The Balaban J connectivity index is 2.49. The second-order valence-corrected chi connectivity index (χ2v) is 5.24. The van der Waals surface area contributed by atoms with Crippen molar-refractivity contribution in [3.8, 4) is 6.07 Å². The molecule has 1 unspecified atom stereocenters. The van der Waals surface area contributed by atoms with Crippen molar-refractivity contribution in [3.63, 3.8) is 0 Å². The molecule has 1 N–H and O–H groups in total. The molecule has 1 aromatic carbocycles. The number of rotatable bonds is 8. The maximum Gasteiger partial charge on any atom is 0.0961 e. The summed E-state index contributed by atoms with van der Waals surface area (Å²) in [6, 6.07) is 10.6. The van der Waals surface area contributed by atoms with E-state index in [4.69, 9.17) is 10.00 Å². The van der Waals surface area contributed by atoms with Crippen molar-refractivity contribution in [1.82, 2.24) is 5.32 Å². The molecule has 0 amide bonds. The molecular formula is C14H20N2OS. The van der Waals surface area contributed by atoms with Gasteiger partial charge in [-0.25, -0.2) is 0 Å². The van der Waals surface area contributed by atoms with Crippen LogP contribution < -0.4 is 5.32 Å². The first-order valence-electron chi connectivity index (χ1n) is 6.15. The second kappa shape index (κ2) is 8.98. The number of methoxy groups -OCH3 is 1. The van der Waals surface area contributed by atoms with Gasteiger partial charge in [-0.05, 0) is 24.1 Å². The molecule has 0 aromatic heterocycles. The molecule has 98 valence electrons. The SMILES string of the molecule is CCC(C#N)Sc1cccc(CNCCOC)c1. The number of hydrogen-bond acceptors (Lipinski definition) is 4. The smallest absolute Gasteiger partial charge is 0.0961 e. The van der Waals surface area contributed by atoms with E-state index in [0.717, 1.165) is 31.0 Å². The highest BCUT2D eigenvalue weighted by molar-refractivity contribution is 8.00. The van der Waals surface area contributed by atoms with E-state index in [9.17, 15) is 0 Å². The highest BCUT2D eigenvalue weighted by Crippen LogP contribution is 2.25. The summed E-state index contributed by atoms with van der Waals surface area (Å²) in [6.45, 7) is 4.45. The van der Waals surface area contributed by atoms with Gasteiger partial charge in [-0.15, -0.1) is 11.8 Å². The Bertz CT molecular complexity index is 390. The van der Waals surface area contributed by atoms with Gasteiger partial charge in [0.2, 0.25) is 0 Å². The van der Waals surface area contributed by atoms with Crippen LogP contribution in [0.15, 0.2) is 29.2 Å².